The predicted octanol–water partition coefficient (Wildman–Crippen LogP) is 7.16. The normalized spacial score (nSPS) is 15.3. The first-order valence-electron chi connectivity index (χ1n) is 14.3. The van der Waals surface area contributed by atoms with Gasteiger partial charge >= 0.3 is 0 Å². The molecule has 0 radical (unpaired) electrons. The van der Waals surface area contributed by atoms with Gasteiger partial charge in [-0.25, -0.2) is 0 Å². The summed E-state index contributed by atoms with van der Waals surface area (Å²) in [5.74, 6) is 1.60. The second-order valence-corrected chi connectivity index (χ2v) is 11.2. The van der Waals surface area contributed by atoms with Crippen molar-refractivity contribution in [2.75, 3.05) is 34.4 Å². The summed E-state index contributed by atoms with van der Waals surface area (Å²) >= 11 is 0. The number of hydrogen-bond acceptors (Lipinski definition) is 7. The molecule has 1 aliphatic heterocycles. The lowest BCUT2D eigenvalue weighted by Gasteiger charge is -2.37. The van der Waals surface area contributed by atoms with E-state index in [1.807, 2.05) is 33.0 Å². The molecule has 2 heterocycles. The molecular formula is C32H48ClN3O4. The van der Waals surface area contributed by atoms with Crippen LogP contribution < -0.4 is 14.2 Å². The third-order valence-corrected chi connectivity index (χ3v) is 7.79. The number of pyridine rings is 1. The van der Waals surface area contributed by atoms with Gasteiger partial charge in [0.15, 0.2) is 11.5 Å². The van der Waals surface area contributed by atoms with Crippen molar-refractivity contribution in [3.8, 4) is 23.3 Å². The Morgan fingerprint density at radius 3 is 2.42 bits per heavy atom. The van der Waals surface area contributed by atoms with Crippen LogP contribution in [0.1, 0.15) is 88.1 Å². The first-order valence-corrected chi connectivity index (χ1v) is 14.3. The molecule has 1 aromatic carbocycles. The van der Waals surface area contributed by atoms with Crippen molar-refractivity contribution in [1.29, 1.82) is 5.26 Å². The van der Waals surface area contributed by atoms with E-state index < -0.39 is 11.2 Å². The van der Waals surface area contributed by atoms with E-state index in [9.17, 15) is 5.26 Å². The Morgan fingerprint density at radius 1 is 1.07 bits per heavy atom. The smallest absolute Gasteiger partial charge is 0.205 e. The molecule has 1 aliphatic rings. The highest BCUT2D eigenvalue weighted by molar-refractivity contribution is 5.85. The Kier molecular flexibility index (Phi) is 13.0. The molecule has 0 saturated heterocycles. The number of ether oxygens (including phenoxy) is 4. The number of aromatic nitrogens is 1. The van der Waals surface area contributed by atoms with Gasteiger partial charge in [-0.15, -0.1) is 12.4 Å². The van der Waals surface area contributed by atoms with Crippen LogP contribution in [-0.2, 0) is 23.2 Å². The fourth-order valence-corrected chi connectivity index (χ4v) is 5.37. The van der Waals surface area contributed by atoms with Crippen molar-refractivity contribution in [2.45, 2.75) is 96.9 Å². The number of rotatable bonds is 15. The van der Waals surface area contributed by atoms with Gasteiger partial charge in [0.25, 0.3) is 0 Å². The van der Waals surface area contributed by atoms with E-state index in [1.54, 1.807) is 14.2 Å². The summed E-state index contributed by atoms with van der Waals surface area (Å²) in [7, 11) is 5.49. The molecule has 8 heteroatoms. The van der Waals surface area contributed by atoms with Crippen LogP contribution in [0.2, 0.25) is 0 Å². The van der Waals surface area contributed by atoms with Gasteiger partial charge in [-0.3, -0.25) is 4.98 Å². The van der Waals surface area contributed by atoms with Crippen LogP contribution in [0.5, 0.6) is 17.2 Å². The third kappa shape index (κ3) is 8.49. The van der Waals surface area contributed by atoms with Crippen LogP contribution in [-0.4, -0.2) is 50.0 Å². The molecule has 40 heavy (non-hydrogen) atoms. The summed E-state index contributed by atoms with van der Waals surface area (Å²) in [4.78, 5) is 7.04. The van der Waals surface area contributed by atoms with Crippen LogP contribution in [0.15, 0.2) is 24.4 Å². The molecule has 0 bridgehead atoms. The average molecular weight is 574 g/mol. The fraction of sp³-hybridized carbons (Fsp3) is 0.625. The standard InChI is InChI=1S/C32H47N3O4.ClH/c1-8-9-10-16-32(23-33,27-21-34-24(2)30-26(27)22-38-31(3,4)39-30)17-11-12-18-35(5)19-15-25-13-14-28(36-6)29(20-25)37-7;/h13-14,20-21H,8-12,15-19,22H2,1-7H3;1H. The lowest BCUT2D eigenvalue weighted by Crippen LogP contribution is -2.38. The molecule has 3 rings (SSSR count). The zero-order valence-electron chi connectivity index (χ0n) is 25.5. The number of aryl methyl sites for hydroxylation is 1. The number of likely N-dealkylation sites (N-methyl/N-ethyl adjacent to an activating group) is 1. The number of hydrogen-bond donors (Lipinski definition) is 0. The van der Waals surface area contributed by atoms with Crippen LogP contribution in [0.25, 0.3) is 0 Å². The van der Waals surface area contributed by atoms with Gasteiger partial charge in [-0.05, 0) is 69.5 Å². The van der Waals surface area contributed by atoms with Crippen LogP contribution in [0.4, 0.5) is 0 Å². The van der Waals surface area contributed by atoms with Crippen molar-refractivity contribution >= 4 is 12.4 Å². The van der Waals surface area contributed by atoms with Gasteiger partial charge in [0, 0.05) is 32.2 Å². The van der Waals surface area contributed by atoms with Crippen LogP contribution >= 0.6 is 12.4 Å². The van der Waals surface area contributed by atoms with Crippen molar-refractivity contribution < 1.29 is 18.9 Å². The molecule has 0 spiro atoms. The van der Waals surface area contributed by atoms with E-state index in [0.717, 1.165) is 98.5 Å². The molecule has 7 nitrogen and oxygen atoms in total. The highest BCUT2D eigenvalue weighted by Crippen LogP contribution is 2.43. The SMILES string of the molecule is CCCCCC(C#N)(CCCCN(C)CCc1ccc(OC)c(OC)c1)c1cnc(C)c2c1COC(C)(C)O2.Cl. The van der Waals surface area contributed by atoms with E-state index in [-0.39, 0.29) is 12.4 Å². The maximum atomic E-state index is 10.6. The number of methoxy groups -OCH3 is 2. The number of fused-ring (bicyclic) bond motifs is 1. The molecule has 222 valence electrons. The van der Waals surface area contributed by atoms with E-state index in [0.29, 0.717) is 6.61 Å². The molecule has 0 aliphatic carbocycles. The van der Waals surface area contributed by atoms with Crippen molar-refractivity contribution in [2.24, 2.45) is 0 Å². The highest BCUT2D eigenvalue weighted by Gasteiger charge is 2.39. The van der Waals surface area contributed by atoms with Crippen LogP contribution in [0.3, 0.4) is 0 Å². The monoisotopic (exact) mass is 573 g/mol. The highest BCUT2D eigenvalue weighted by atomic mass is 35.5. The Labute approximate surface area is 247 Å². The molecule has 1 unspecified atom stereocenters. The largest absolute Gasteiger partial charge is 0.493 e. The maximum Gasteiger partial charge on any atom is 0.205 e. The van der Waals surface area contributed by atoms with E-state index in [1.165, 1.54) is 5.56 Å². The van der Waals surface area contributed by atoms with E-state index in [4.69, 9.17) is 18.9 Å². The van der Waals surface area contributed by atoms with Gasteiger partial charge in [0.1, 0.15) is 5.75 Å². The van der Waals surface area contributed by atoms with Gasteiger partial charge in [-0.1, -0.05) is 38.7 Å². The Hall–Kier alpha value is -2.53. The predicted molar refractivity (Wildman–Crippen MR) is 162 cm³/mol. The van der Waals surface area contributed by atoms with Crippen molar-refractivity contribution in [3.63, 3.8) is 0 Å². The fourth-order valence-electron chi connectivity index (χ4n) is 5.37. The number of unbranched alkanes of at least 4 members (excludes halogenated alkanes) is 3. The van der Waals surface area contributed by atoms with Gasteiger partial charge in [-0.2, -0.15) is 5.26 Å². The molecular weight excluding hydrogens is 526 g/mol. The second kappa shape index (κ2) is 15.5. The number of halogens is 1. The summed E-state index contributed by atoms with van der Waals surface area (Å²) in [5, 5.41) is 10.6. The summed E-state index contributed by atoms with van der Waals surface area (Å²) in [6.07, 6.45) is 9.73. The Morgan fingerprint density at radius 2 is 1.77 bits per heavy atom. The molecule has 1 atom stereocenters. The summed E-state index contributed by atoms with van der Waals surface area (Å²) in [5.41, 5.74) is 3.46. The zero-order valence-corrected chi connectivity index (χ0v) is 26.3. The van der Waals surface area contributed by atoms with Crippen molar-refractivity contribution in [3.05, 3.63) is 46.8 Å². The summed E-state index contributed by atoms with van der Waals surface area (Å²) in [6.45, 7) is 10.4. The third-order valence-electron chi connectivity index (χ3n) is 7.79. The summed E-state index contributed by atoms with van der Waals surface area (Å²) in [6, 6.07) is 8.86. The maximum absolute atomic E-state index is 10.6. The number of benzene rings is 1. The van der Waals surface area contributed by atoms with E-state index in [2.05, 4.69) is 42.1 Å². The van der Waals surface area contributed by atoms with Gasteiger partial charge in [0.2, 0.25) is 5.79 Å². The molecule has 0 saturated carbocycles. The quantitative estimate of drug-likeness (QED) is 0.209. The number of nitriles is 1. The lowest BCUT2D eigenvalue weighted by molar-refractivity contribution is -0.181. The van der Waals surface area contributed by atoms with Crippen molar-refractivity contribution in [1.82, 2.24) is 9.88 Å². The number of nitrogens with zero attached hydrogens (tertiary/aromatic N) is 3. The van der Waals surface area contributed by atoms with Gasteiger partial charge < -0.3 is 23.8 Å². The second-order valence-electron chi connectivity index (χ2n) is 11.2. The molecule has 0 N–H and O–H groups in total. The molecule has 1 aromatic heterocycles. The topological polar surface area (TPSA) is 76.8 Å². The zero-order chi connectivity index (χ0) is 28.5. The molecule has 0 amide bonds. The van der Waals surface area contributed by atoms with Gasteiger partial charge in [0.05, 0.1) is 38.0 Å². The lowest BCUT2D eigenvalue weighted by atomic mass is 9.72. The first kappa shape index (κ1) is 33.7. The van der Waals surface area contributed by atoms with Crippen LogP contribution in [0, 0.1) is 18.3 Å². The molecule has 0 fully saturated rings. The van der Waals surface area contributed by atoms with E-state index >= 15 is 0 Å². The minimum absolute atomic E-state index is 0. The minimum atomic E-state index is -0.697. The molecule has 2 aromatic rings. The first-order chi connectivity index (χ1) is 18.7. The minimum Gasteiger partial charge on any atom is -0.493 e. The average Bonchev–Trinajstić information content (AvgIpc) is 2.93. The Bertz CT molecular complexity index is 1130. The summed E-state index contributed by atoms with van der Waals surface area (Å²) < 4.78 is 23.0. The Balaban J connectivity index is 0.00000560.